The van der Waals surface area contributed by atoms with Gasteiger partial charge in [-0.15, -0.1) is 0 Å². The van der Waals surface area contributed by atoms with Crippen LogP contribution in [0.1, 0.15) is 37.0 Å². The molecule has 0 spiro atoms. The molecule has 122 valence electrons. The van der Waals surface area contributed by atoms with Crippen LogP contribution in [0.2, 0.25) is 0 Å². The quantitative estimate of drug-likeness (QED) is 0.805. The van der Waals surface area contributed by atoms with Crippen LogP contribution in [-0.2, 0) is 0 Å². The van der Waals surface area contributed by atoms with Gasteiger partial charge in [0.1, 0.15) is 0 Å². The van der Waals surface area contributed by atoms with Crippen molar-refractivity contribution in [1.82, 2.24) is 5.32 Å². The second-order valence-electron chi connectivity index (χ2n) is 5.66. The number of hydrogen-bond acceptors (Lipinski definition) is 3. The molecule has 0 aliphatic rings. The first-order chi connectivity index (χ1) is 11.1. The van der Waals surface area contributed by atoms with E-state index in [0.717, 1.165) is 22.6 Å². The van der Waals surface area contributed by atoms with Crippen LogP contribution in [0.25, 0.3) is 0 Å². The van der Waals surface area contributed by atoms with Crippen LogP contribution in [0.5, 0.6) is 0 Å². The first kappa shape index (κ1) is 17.6. The van der Waals surface area contributed by atoms with E-state index in [1.165, 1.54) is 0 Å². The van der Waals surface area contributed by atoms with Crippen LogP contribution in [0.4, 0.5) is 0 Å². The molecule has 0 aliphatic heterocycles. The zero-order valence-corrected chi connectivity index (χ0v) is 14.5. The first-order valence-corrected chi connectivity index (χ1v) is 8.78. The van der Waals surface area contributed by atoms with Gasteiger partial charge in [0.05, 0.1) is 5.56 Å². The molecule has 4 heteroatoms. The molecule has 3 N–H and O–H groups in total. The number of hydrogen-bond donors (Lipinski definition) is 2. The lowest BCUT2D eigenvalue weighted by molar-refractivity contribution is 0.0939. The average molecular weight is 328 g/mol. The average Bonchev–Trinajstić information content (AvgIpc) is 2.61. The Morgan fingerprint density at radius 2 is 1.65 bits per heavy atom. The minimum atomic E-state index is -0.336. The Hall–Kier alpha value is -1.78. The van der Waals surface area contributed by atoms with Crippen molar-refractivity contribution in [2.45, 2.75) is 42.0 Å². The minimum absolute atomic E-state index is 0.0687. The molecule has 1 amide bonds. The molecular weight excluding hydrogens is 304 g/mol. The highest BCUT2D eigenvalue weighted by atomic mass is 32.2. The fraction of sp³-hybridized carbons (Fsp3) is 0.316. The van der Waals surface area contributed by atoms with Crippen molar-refractivity contribution in [3.63, 3.8) is 0 Å². The second kappa shape index (κ2) is 8.18. The molecule has 2 rings (SSSR count). The number of carbonyl (C=O) groups excluding carboxylic acids is 1. The van der Waals surface area contributed by atoms with Crippen molar-refractivity contribution in [2.75, 3.05) is 6.54 Å². The van der Waals surface area contributed by atoms with E-state index in [1.54, 1.807) is 11.8 Å². The Morgan fingerprint density at radius 1 is 1.04 bits per heavy atom. The third kappa shape index (κ3) is 4.85. The molecule has 0 atom stereocenters. The lowest BCUT2D eigenvalue weighted by atomic mass is 9.94. The van der Waals surface area contributed by atoms with Gasteiger partial charge in [-0.25, -0.2) is 0 Å². The zero-order valence-electron chi connectivity index (χ0n) is 13.7. The molecule has 0 aliphatic carbocycles. The topological polar surface area (TPSA) is 55.1 Å². The van der Waals surface area contributed by atoms with Crippen LogP contribution in [0, 0.1) is 0 Å². The molecule has 0 fully saturated rings. The number of benzene rings is 2. The van der Waals surface area contributed by atoms with E-state index in [2.05, 4.69) is 19.2 Å². The molecule has 0 unspecified atom stereocenters. The molecule has 0 saturated heterocycles. The summed E-state index contributed by atoms with van der Waals surface area (Å²) < 4.78 is 0. The molecule has 0 aromatic heterocycles. The third-order valence-electron chi connectivity index (χ3n) is 4.11. The lowest BCUT2D eigenvalue weighted by Crippen LogP contribution is -2.49. The van der Waals surface area contributed by atoms with Gasteiger partial charge in [-0.2, -0.15) is 0 Å². The van der Waals surface area contributed by atoms with E-state index in [1.807, 2.05) is 54.6 Å². The van der Waals surface area contributed by atoms with Crippen molar-refractivity contribution in [2.24, 2.45) is 5.73 Å². The Labute approximate surface area is 142 Å². The van der Waals surface area contributed by atoms with Gasteiger partial charge < -0.3 is 11.1 Å². The predicted molar refractivity (Wildman–Crippen MR) is 96.8 cm³/mol. The van der Waals surface area contributed by atoms with Crippen molar-refractivity contribution in [3.8, 4) is 0 Å². The van der Waals surface area contributed by atoms with E-state index in [-0.39, 0.29) is 11.4 Å². The maximum absolute atomic E-state index is 12.6. The molecule has 2 aromatic carbocycles. The summed E-state index contributed by atoms with van der Waals surface area (Å²) in [6, 6.07) is 17.7. The van der Waals surface area contributed by atoms with E-state index in [9.17, 15) is 4.79 Å². The van der Waals surface area contributed by atoms with Gasteiger partial charge in [-0.1, -0.05) is 55.9 Å². The molecular formula is C19H24N2OS. The molecule has 3 nitrogen and oxygen atoms in total. The molecule has 0 saturated carbocycles. The maximum Gasteiger partial charge on any atom is 0.252 e. The Balaban J connectivity index is 2.12. The Bertz CT molecular complexity index is 639. The predicted octanol–water partition coefficient (Wildman–Crippen LogP) is 4.09. The summed E-state index contributed by atoms with van der Waals surface area (Å²) in [5.74, 6) is -0.0687. The molecule has 2 aromatic rings. The number of nitrogens with one attached hydrogen (secondary N) is 1. The van der Waals surface area contributed by atoms with Crippen molar-refractivity contribution >= 4 is 17.7 Å². The highest BCUT2D eigenvalue weighted by molar-refractivity contribution is 7.99. The van der Waals surface area contributed by atoms with Gasteiger partial charge in [0.2, 0.25) is 0 Å². The summed E-state index contributed by atoms with van der Waals surface area (Å²) in [5, 5.41) is 2.99. The van der Waals surface area contributed by atoms with Gasteiger partial charge in [0, 0.05) is 21.9 Å². The highest BCUT2D eigenvalue weighted by Crippen LogP contribution is 2.30. The minimum Gasteiger partial charge on any atom is -0.350 e. The second-order valence-corrected chi connectivity index (χ2v) is 6.78. The van der Waals surface area contributed by atoms with Crippen LogP contribution in [-0.4, -0.2) is 18.0 Å². The highest BCUT2D eigenvalue weighted by Gasteiger charge is 2.22. The summed E-state index contributed by atoms with van der Waals surface area (Å²) in [6.45, 7) is 4.59. The molecule has 0 heterocycles. The number of carbonyl (C=O) groups is 1. The third-order valence-corrected chi connectivity index (χ3v) is 5.20. The summed E-state index contributed by atoms with van der Waals surface area (Å²) >= 11 is 1.60. The summed E-state index contributed by atoms with van der Waals surface area (Å²) in [5.41, 5.74) is 6.62. The number of amides is 1. The van der Waals surface area contributed by atoms with Gasteiger partial charge in [0.25, 0.3) is 5.91 Å². The fourth-order valence-electron chi connectivity index (χ4n) is 2.21. The molecule has 23 heavy (non-hydrogen) atoms. The van der Waals surface area contributed by atoms with Gasteiger partial charge in [-0.05, 0) is 37.1 Å². The van der Waals surface area contributed by atoms with E-state index >= 15 is 0 Å². The van der Waals surface area contributed by atoms with Crippen LogP contribution in [0.15, 0.2) is 64.4 Å². The fourth-order valence-corrected chi connectivity index (χ4v) is 3.17. The lowest BCUT2D eigenvalue weighted by Gasteiger charge is -2.27. The van der Waals surface area contributed by atoms with Crippen molar-refractivity contribution in [1.29, 1.82) is 0 Å². The molecule has 0 bridgehead atoms. The number of rotatable bonds is 7. The zero-order chi connectivity index (χ0) is 16.7. The van der Waals surface area contributed by atoms with Crippen LogP contribution in [0.3, 0.4) is 0 Å². The van der Waals surface area contributed by atoms with Crippen LogP contribution < -0.4 is 11.1 Å². The van der Waals surface area contributed by atoms with Crippen molar-refractivity contribution in [3.05, 3.63) is 60.2 Å². The van der Waals surface area contributed by atoms with Gasteiger partial charge >= 0.3 is 0 Å². The van der Waals surface area contributed by atoms with E-state index in [0.29, 0.717) is 12.1 Å². The summed E-state index contributed by atoms with van der Waals surface area (Å²) in [4.78, 5) is 14.6. The van der Waals surface area contributed by atoms with E-state index < -0.39 is 0 Å². The summed E-state index contributed by atoms with van der Waals surface area (Å²) in [6.07, 6.45) is 1.67. The van der Waals surface area contributed by atoms with Gasteiger partial charge in [0.15, 0.2) is 0 Å². The van der Waals surface area contributed by atoms with E-state index in [4.69, 9.17) is 5.73 Å². The Morgan fingerprint density at radius 3 is 2.30 bits per heavy atom. The first-order valence-electron chi connectivity index (χ1n) is 7.97. The summed E-state index contributed by atoms with van der Waals surface area (Å²) in [7, 11) is 0. The largest absolute Gasteiger partial charge is 0.350 e. The van der Waals surface area contributed by atoms with Crippen molar-refractivity contribution < 1.29 is 4.79 Å². The SMILES string of the molecule is CCC(N)(CC)CNC(=O)c1ccccc1Sc1ccccc1. The van der Waals surface area contributed by atoms with Crippen LogP contribution >= 0.6 is 11.8 Å². The van der Waals surface area contributed by atoms with Gasteiger partial charge in [-0.3, -0.25) is 4.79 Å². The normalized spacial score (nSPS) is 11.3. The molecule has 0 radical (unpaired) electrons. The Kier molecular flexibility index (Phi) is 6.25. The standard InChI is InChI=1S/C19H24N2OS/c1-3-19(20,4-2)14-21-18(22)16-12-8-9-13-17(16)23-15-10-6-5-7-11-15/h5-13H,3-4,14,20H2,1-2H3,(H,21,22). The monoisotopic (exact) mass is 328 g/mol. The smallest absolute Gasteiger partial charge is 0.252 e. The maximum atomic E-state index is 12.6. The number of nitrogens with two attached hydrogens (primary N) is 1.